The van der Waals surface area contributed by atoms with Gasteiger partial charge in [-0.3, -0.25) is 9.59 Å². The van der Waals surface area contributed by atoms with Gasteiger partial charge in [-0.15, -0.1) is 0 Å². The number of fused-ring (bicyclic) bond motifs is 5. The van der Waals surface area contributed by atoms with Gasteiger partial charge in [0.1, 0.15) is 6.54 Å². The van der Waals surface area contributed by atoms with Crippen molar-refractivity contribution in [2.75, 3.05) is 13.1 Å². The lowest BCUT2D eigenvalue weighted by atomic mass is 9.76. The molecule has 7 heteroatoms. The number of para-hydroxylation sites is 1. The number of hydrogen-bond donors (Lipinski definition) is 1. The van der Waals surface area contributed by atoms with Gasteiger partial charge >= 0.3 is 0 Å². The summed E-state index contributed by atoms with van der Waals surface area (Å²) in [6, 6.07) is 22.0. The highest BCUT2D eigenvalue weighted by atomic mass is 35.5. The molecule has 2 amide bonds. The molecule has 1 fully saturated rings. The fraction of sp³-hybridized carbons (Fsp3) is 0.267. The monoisotopic (exact) mass is 531 g/mol. The summed E-state index contributed by atoms with van der Waals surface area (Å²) in [6.07, 6.45) is 0.966. The third-order valence-electron chi connectivity index (χ3n) is 7.98. The van der Waals surface area contributed by atoms with Gasteiger partial charge in [0.15, 0.2) is 5.54 Å². The number of aryl methyl sites for hydroxylation is 1. The number of rotatable bonds is 4. The number of amides is 2. The number of aromatic amines is 1. The second-order valence-corrected chi connectivity index (χ2v) is 10.9. The van der Waals surface area contributed by atoms with Gasteiger partial charge in [0.2, 0.25) is 5.91 Å². The number of carbonyl (C=O) groups excluding carboxylic acids is 2. The van der Waals surface area contributed by atoms with Crippen LogP contribution in [0.2, 0.25) is 10.0 Å². The summed E-state index contributed by atoms with van der Waals surface area (Å²) in [5.41, 5.74) is 4.85. The van der Waals surface area contributed by atoms with Gasteiger partial charge in [-0.1, -0.05) is 78.7 Å². The van der Waals surface area contributed by atoms with Crippen LogP contribution in [-0.2, 0) is 28.1 Å². The quantitative estimate of drug-likeness (QED) is 0.337. The molecule has 0 bridgehead atoms. The Labute approximate surface area is 226 Å². The van der Waals surface area contributed by atoms with Gasteiger partial charge in [-0.25, -0.2) is 0 Å². The highest BCUT2D eigenvalue weighted by molar-refractivity contribution is 6.35. The maximum absolute atomic E-state index is 14.2. The van der Waals surface area contributed by atoms with Crippen molar-refractivity contribution in [3.05, 3.63) is 105 Å². The SMILES string of the molecule is CCc1ccc(C2CN3C(=O)CN(Cc4ccc(Cl)cc4Cl)C(=O)[C@]3(C)c3[nH]c4ccccc4c32)cc1. The van der Waals surface area contributed by atoms with Crippen molar-refractivity contribution in [3.8, 4) is 0 Å². The first-order chi connectivity index (χ1) is 17.8. The van der Waals surface area contributed by atoms with Crippen LogP contribution in [0, 0.1) is 0 Å². The number of aromatic nitrogens is 1. The standard InChI is InChI=1S/C30H27Cl2N3O2/c1-3-18-8-10-19(11-9-18)23-16-35-26(36)17-34(15-20-12-13-21(31)14-24(20)32)29(37)30(35,2)28-27(23)22-6-4-5-7-25(22)33-28/h4-14,23,33H,3,15-17H2,1-2H3/t23?,30-/m0/s1. The van der Waals surface area contributed by atoms with E-state index in [1.54, 1.807) is 21.9 Å². The summed E-state index contributed by atoms with van der Waals surface area (Å²) in [5.74, 6) is -0.239. The van der Waals surface area contributed by atoms with E-state index in [0.29, 0.717) is 16.6 Å². The summed E-state index contributed by atoms with van der Waals surface area (Å²) in [7, 11) is 0. The van der Waals surface area contributed by atoms with E-state index in [-0.39, 0.29) is 30.8 Å². The number of nitrogens with one attached hydrogen (secondary N) is 1. The van der Waals surface area contributed by atoms with Gasteiger partial charge in [0.25, 0.3) is 5.91 Å². The minimum absolute atomic E-state index is 0.00440. The molecule has 3 aromatic carbocycles. The molecule has 1 unspecified atom stereocenters. The first kappa shape index (κ1) is 24.1. The van der Waals surface area contributed by atoms with Crippen LogP contribution >= 0.6 is 23.2 Å². The van der Waals surface area contributed by atoms with Gasteiger partial charge in [0.05, 0.1) is 5.69 Å². The van der Waals surface area contributed by atoms with E-state index in [1.807, 2.05) is 31.2 Å². The van der Waals surface area contributed by atoms with Crippen LogP contribution in [0.3, 0.4) is 0 Å². The number of nitrogens with zero attached hydrogens (tertiary/aromatic N) is 2. The summed E-state index contributed by atoms with van der Waals surface area (Å²) in [4.78, 5) is 34.8. The summed E-state index contributed by atoms with van der Waals surface area (Å²) in [6.45, 7) is 4.69. The fourth-order valence-corrected chi connectivity index (χ4v) is 6.41. The summed E-state index contributed by atoms with van der Waals surface area (Å²) in [5, 5.41) is 2.09. The number of piperazine rings is 1. The van der Waals surface area contributed by atoms with Crippen LogP contribution in [0.5, 0.6) is 0 Å². The van der Waals surface area contributed by atoms with Crippen LogP contribution in [0.1, 0.15) is 47.7 Å². The second-order valence-electron chi connectivity index (χ2n) is 10.1. The van der Waals surface area contributed by atoms with Crippen LogP contribution in [0.4, 0.5) is 0 Å². The van der Waals surface area contributed by atoms with Gasteiger partial charge < -0.3 is 14.8 Å². The van der Waals surface area contributed by atoms with Gasteiger partial charge in [0, 0.05) is 40.0 Å². The highest BCUT2D eigenvalue weighted by Gasteiger charge is 2.56. The van der Waals surface area contributed by atoms with Crippen molar-refractivity contribution in [1.29, 1.82) is 0 Å². The molecule has 0 spiro atoms. The number of hydrogen-bond acceptors (Lipinski definition) is 2. The molecule has 1 aromatic heterocycles. The van der Waals surface area contributed by atoms with Crippen molar-refractivity contribution < 1.29 is 9.59 Å². The lowest BCUT2D eigenvalue weighted by molar-refractivity contribution is -0.166. The lowest BCUT2D eigenvalue weighted by Gasteiger charge is -2.51. The Hall–Kier alpha value is -3.28. The number of halogens is 2. The Morgan fingerprint density at radius 3 is 2.51 bits per heavy atom. The zero-order chi connectivity index (χ0) is 25.9. The average Bonchev–Trinajstić information content (AvgIpc) is 3.30. The molecule has 2 atom stereocenters. The molecule has 0 aliphatic carbocycles. The molecule has 4 aromatic rings. The van der Waals surface area contributed by atoms with Crippen molar-refractivity contribution in [2.24, 2.45) is 0 Å². The zero-order valence-corrected chi connectivity index (χ0v) is 22.2. The Morgan fingerprint density at radius 2 is 1.78 bits per heavy atom. The summed E-state index contributed by atoms with van der Waals surface area (Å²) < 4.78 is 0. The highest BCUT2D eigenvalue weighted by Crippen LogP contribution is 2.48. The molecular formula is C30H27Cl2N3O2. The van der Waals surface area contributed by atoms with Crippen LogP contribution in [-0.4, -0.2) is 39.7 Å². The van der Waals surface area contributed by atoms with E-state index in [0.717, 1.165) is 39.7 Å². The maximum Gasteiger partial charge on any atom is 0.255 e. The van der Waals surface area contributed by atoms with Crippen molar-refractivity contribution in [1.82, 2.24) is 14.8 Å². The van der Waals surface area contributed by atoms with E-state index >= 15 is 0 Å². The topological polar surface area (TPSA) is 56.4 Å². The van der Waals surface area contributed by atoms with Crippen molar-refractivity contribution in [3.63, 3.8) is 0 Å². The third-order valence-corrected chi connectivity index (χ3v) is 8.57. The van der Waals surface area contributed by atoms with Gasteiger partial charge in [-0.05, 0) is 53.8 Å². The number of H-pyrrole nitrogens is 1. The Kier molecular flexibility index (Phi) is 5.81. The van der Waals surface area contributed by atoms with Crippen LogP contribution in [0.25, 0.3) is 10.9 Å². The molecule has 2 aliphatic heterocycles. The molecule has 37 heavy (non-hydrogen) atoms. The molecule has 6 rings (SSSR count). The smallest absolute Gasteiger partial charge is 0.255 e. The van der Waals surface area contributed by atoms with E-state index in [1.165, 1.54) is 5.56 Å². The largest absolute Gasteiger partial charge is 0.356 e. The molecule has 1 saturated heterocycles. The first-order valence-electron chi connectivity index (χ1n) is 12.5. The predicted octanol–water partition coefficient (Wildman–Crippen LogP) is 6.27. The van der Waals surface area contributed by atoms with E-state index < -0.39 is 5.54 Å². The van der Waals surface area contributed by atoms with E-state index in [2.05, 4.69) is 42.2 Å². The zero-order valence-electron chi connectivity index (χ0n) is 20.7. The summed E-state index contributed by atoms with van der Waals surface area (Å²) >= 11 is 12.5. The normalized spacial score (nSPS) is 21.4. The fourth-order valence-electron chi connectivity index (χ4n) is 5.94. The van der Waals surface area contributed by atoms with Crippen LogP contribution < -0.4 is 0 Å². The van der Waals surface area contributed by atoms with Crippen LogP contribution in [0.15, 0.2) is 66.7 Å². The number of benzene rings is 3. The van der Waals surface area contributed by atoms with E-state index in [4.69, 9.17) is 23.2 Å². The molecule has 5 nitrogen and oxygen atoms in total. The molecule has 3 heterocycles. The second kappa shape index (κ2) is 8.93. The minimum atomic E-state index is -1.15. The number of carbonyl (C=O) groups is 2. The minimum Gasteiger partial charge on any atom is -0.356 e. The average molecular weight is 532 g/mol. The molecule has 0 saturated carbocycles. The van der Waals surface area contributed by atoms with E-state index in [9.17, 15) is 9.59 Å². The van der Waals surface area contributed by atoms with Crippen molar-refractivity contribution in [2.45, 2.75) is 38.3 Å². The predicted molar refractivity (Wildman–Crippen MR) is 147 cm³/mol. The maximum atomic E-state index is 14.2. The third kappa shape index (κ3) is 3.75. The Morgan fingerprint density at radius 1 is 1.03 bits per heavy atom. The molecule has 1 N–H and O–H groups in total. The molecular weight excluding hydrogens is 505 g/mol. The van der Waals surface area contributed by atoms with Gasteiger partial charge in [-0.2, -0.15) is 0 Å². The molecule has 2 aliphatic rings. The molecule has 0 radical (unpaired) electrons. The Balaban J connectivity index is 1.48. The lowest BCUT2D eigenvalue weighted by Crippen LogP contribution is -2.67. The first-order valence-corrected chi connectivity index (χ1v) is 13.3. The van der Waals surface area contributed by atoms with Crippen molar-refractivity contribution >= 4 is 45.9 Å². The Bertz CT molecular complexity index is 1540. The molecule has 188 valence electrons.